The molecule has 2 aromatic heterocycles. The predicted molar refractivity (Wildman–Crippen MR) is 90.4 cm³/mol. The van der Waals surface area contributed by atoms with Crippen LogP contribution in [0.15, 0.2) is 12.5 Å². The molecule has 3 N–H and O–H groups in total. The topological polar surface area (TPSA) is 126 Å². The number of fused-ring (bicyclic) bond motifs is 1. The number of amides is 3. The Hall–Kier alpha value is -2.88. The lowest BCUT2D eigenvalue weighted by Gasteiger charge is -2.18. The molecule has 0 unspecified atom stereocenters. The van der Waals surface area contributed by atoms with E-state index in [4.69, 9.17) is 0 Å². The van der Waals surface area contributed by atoms with Gasteiger partial charge in [-0.2, -0.15) is 0 Å². The van der Waals surface area contributed by atoms with Crippen LogP contribution in [-0.2, 0) is 11.2 Å². The van der Waals surface area contributed by atoms with Gasteiger partial charge in [0.05, 0.1) is 12.2 Å². The lowest BCUT2D eigenvalue weighted by atomic mass is 10.0. The van der Waals surface area contributed by atoms with Gasteiger partial charge in [-0.1, -0.05) is 0 Å². The van der Waals surface area contributed by atoms with Crippen LogP contribution in [0.3, 0.4) is 0 Å². The first-order valence-corrected chi connectivity index (χ1v) is 8.43. The number of aromatic nitrogens is 3. The highest BCUT2D eigenvalue weighted by atomic mass is 32.1. The van der Waals surface area contributed by atoms with Gasteiger partial charge in [0.25, 0.3) is 11.8 Å². The first-order valence-electron chi connectivity index (χ1n) is 7.62. The number of carbonyl (C=O) groups is 3. The molecule has 0 bridgehead atoms. The summed E-state index contributed by atoms with van der Waals surface area (Å²) in [5, 5.41) is 8.60. The Morgan fingerprint density at radius 3 is 2.80 bits per heavy atom. The highest BCUT2D eigenvalue weighted by molar-refractivity contribution is 7.13. The quantitative estimate of drug-likeness (QED) is 0.736. The molecule has 1 aliphatic heterocycles. The maximum absolute atomic E-state index is 12.6. The summed E-state index contributed by atoms with van der Waals surface area (Å²) in [6, 6.07) is -0.389. The summed E-state index contributed by atoms with van der Waals surface area (Å²) in [6.07, 6.45) is 3.43. The van der Waals surface area contributed by atoms with Gasteiger partial charge in [-0.05, 0) is 13.3 Å². The van der Waals surface area contributed by atoms with Gasteiger partial charge in [0.15, 0.2) is 0 Å². The van der Waals surface area contributed by atoms with Crippen LogP contribution >= 0.6 is 11.3 Å². The molecular weight excluding hydrogens is 344 g/mol. The minimum atomic E-state index is -0.389. The minimum absolute atomic E-state index is 0.129. The molecule has 25 heavy (non-hydrogen) atoms. The SMILES string of the molecule is CNC(=O)c1cnc([C@@H](C)NC(=O)c2ncnc3c2CCC(=O)N3)s1. The van der Waals surface area contributed by atoms with E-state index in [0.717, 1.165) is 0 Å². The second-order valence-corrected chi connectivity index (χ2v) is 6.50. The molecule has 0 aliphatic carbocycles. The van der Waals surface area contributed by atoms with Crippen LogP contribution in [0, 0.1) is 0 Å². The average molecular weight is 360 g/mol. The van der Waals surface area contributed by atoms with E-state index >= 15 is 0 Å². The van der Waals surface area contributed by atoms with E-state index in [0.29, 0.717) is 27.7 Å². The molecule has 0 aromatic carbocycles. The first kappa shape index (κ1) is 17.0. The molecule has 130 valence electrons. The summed E-state index contributed by atoms with van der Waals surface area (Å²) in [6.45, 7) is 1.78. The number of carbonyl (C=O) groups excluding carboxylic acids is 3. The van der Waals surface area contributed by atoms with Gasteiger partial charge in [0.1, 0.15) is 27.7 Å². The van der Waals surface area contributed by atoms with Gasteiger partial charge in [-0.25, -0.2) is 15.0 Å². The van der Waals surface area contributed by atoms with Crippen LogP contribution in [0.2, 0.25) is 0 Å². The average Bonchev–Trinajstić information content (AvgIpc) is 3.10. The Kier molecular flexibility index (Phi) is 4.70. The van der Waals surface area contributed by atoms with Crippen molar-refractivity contribution < 1.29 is 14.4 Å². The molecule has 0 fully saturated rings. The molecule has 3 rings (SSSR count). The van der Waals surface area contributed by atoms with Crippen molar-refractivity contribution in [2.75, 3.05) is 12.4 Å². The molecule has 2 aromatic rings. The molecule has 3 amide bonds. The lowest BCUT2D eigenvalue weighted by Crippen LogP contribution is -2.30. The fraction of sp³-hybridized carbons (Fsp3) is 0.333. The molecule has 10 heteroatoms. The van der Waals surface area contributed by atoms with Gasteiger partial charge in [0.2, 0.25) is 5.91 Å². The van der Waals surface area contributed by atoms with Crippen molar-refractivity contribution in [2.24, 2.45) is 0 Å². The standard InChI is InChI=1S/C15H16N6O3S/c1-7(15-17-5-9(25-15)13(23)16-2)20-14(24)11-8-3-4-10(22)21-12(8)19-6-18-11/h5-7H,3-4H2,1-2H3,(H,16,23)(H,20,24)(H,18,19,21,22)/t7-/m1/s1. The van der Waals surface area contributed by atoms with E-state index in [1.54, 1.807) is 14.0 Å². The zero-order chi connectivity index (χ0) is 18.0. The summed E-state index contributed by atoms with van der Waals surface area (Å²) >= 11 is 1.21. The fourth-order valence-corrected chi connectivity index (χ4v) is 3.29. The third kappa shape index (κ3) is 3.48. The highest BCUT2D eigenvalue weighted by Gasteiger charge is 2.25. The van der Waals surface area contributed by atoms with Gasteiger partial charge in [-0.3, -0.25) is 14.4 Å². The first-order chi connectivity index (χ1) is 12.0. The second-order valence-electron chi connectivity index (χ2n) is 5.43. The number of thiazole rings is 1. The van der Waals surface area contributed by atoms with Crippen molar-refractivity contribution in [2.45, 2.75) is 25.8 Å². The van der Waals surface area contributed by atoms with E-state index in [2.05, 4.69) is 30.9 Å². The highest BCUT2D eigenvalue weighted by Crippen LogP contribution is 2.24. The van der Waals surface area contributed by atoms with Crippen molar-refractivity contribution in [3.63, 3.8) is 0 Å². The van der Waals surface area contributed by atoms with Gasteiger partial charge in [0, 0.05) is 19.0 Å². The summed E-state index contributed by atoms with van der Waals surface area (Å²) in [4.78, 5) is 48.3. The predicted octanol–water partition coefficient (Wildman–Crippen LogP) is 0.668. The van der Waals surface area contributed by atoms with Crippen molar-refractivity contribution in [3.8, 4) is 0 Å². The molecular formula is C15H16N6O3S. The fourth-order valence-electron chi connectivity index (χ4n) is 2.43. The Labute approximate surface area is 147 Å². The van der Waals surface area contributed by atoms with E-state index in [9.17, 15) is 14.4 Å². The van der Waals surface area contributed by atoms with E-state index in [1.165, 1.54) is 23.9 Å². The number of rotatable bonds is 4. The molecule has 3 heterocycles. The largest absolute Gasteiger partial charge is 0.354 e. The summed E-state index contributed by atoms with van der Waals surface area (Å²) < 4.78 is 0. The molecule has 1 aliphatic rings. The van der Waals surface area contributed by atoms with Gasteiger partial charge < -0.3 is 16.0 Å². The number of nitrogens with zero attached hydrogens (tertiary/aromatic N) is 3. The Bertz CT molecular complexity index is 850. The molecule has 9 nitrogen and oxygen atoms in total. The van der Waals surface area contributed by atoms with E-state index in [-0.39, 0.29) is 35.9 Å². The van der Waals surface area contributed by atoms with Crippen molar-refractivity contribution in [1.29, 1.82) is 0 Å². The van der Waals surface area contributed by atoms with Crippen LogP contribution in [0.4, 0.5) is 5.82 Å². The smallest absolute Gasteiger partial charge is 0.270 e. The minimum Gasteiger partial charge on any atom is -0.354 e. The zero-order valence-electron chi connectivity index (χ0n) is 13.6. The number of hydrogen-bond donors (Lipinski definition) is 3. The third-order valence-corrected chi connectivity index (χ3v) is 4.89. The van der Waals surface area contributed by atoms with Gasteiger partial charge >= 0.3 is 0 Å². The molecule has 0 saturated heterocycles. The zero-order valence-corrected chi connectivity index (χ0v) is 14.4. The van der Waals surface area contributed by atoms with Crippen molar-refractivity contribution >= 4 is 34.9 Å². The molecule has 0 radical (unpaired) electrons. The van der Waals surface area contributed by atoms with Gasteiger partial charge in [-0.15, -0.1) is 11.3 Å². The second kappa shape index (κ2) is 6.93. The Morgan fingerprint density at radius 2 is 2.04 bits per heavy atom. The maximum Gasteiger partial charge on any atom is 0.270 e. The van der Waals surface area contributed by atoms with E-state index < -0.39 is 0 Å². The monoisotopic (exact) mass is 360 g/mol. The van der Waals surface area contributed by atoms with Crippen LogP contribution in [0.1, 0.15) is 50.1 Å². The van der Waals surface area contributed by atoms with Crippen LogP contribution in [-0.4, -0.2) is 39.7 Å². The van der Waals surface area contributed by atoms with Crippen LogP contribution in [0.25, 0.3) is 0 Å². The Morgan fingerprint density at radius 1 is 1.24 bits per heavy atom. The molecule has 0 saturated carbocycles. The van der Waals surface area contributed by atoms with E-state index in [1.807, 2.05) is 0 Å². The molecule has 1 atom stereocenters. The Balaban J connectivity index is 1.76. The van der Waals surface area contributed by atoms with Crippen LogP contribution < -0.4 is 16.0 Å². The molecule has 0 spiro atoms. The lowest BCUT2D eigenvalue weighted by molar-refractivity contribution is -0.116. The summed E-state index contributed by atoms with van der Waals surface area (Å²) in [7, 11) is 1.55. The number of hydrogen-bond acceptors (Lipinski definition) is 7. The van der Waals surface area contributed by atoms with Crippen molar-refractivity contribution in [3.05, 3.63) is 33.7 Å². The number of anilines is 1. The summed E-state index contributed by atoms with van der Waals surface area (Å²) in [5.41, 5.74) is 0.858. The summed E-state index contributed by atoms with van der Waals surface area (Å²) in [5.74, 6) is -0.350. The van der Waals surface area contributed by atoms with Crippen molar-refractivity contribution in [1.82, 2.24) is 25.6 Å². The van der Waals surface area contributed by atoms with Crippen LogP contribution in [0.5, 0.6) is 0 Å². The maximum atomic E-state index is 12.6. The number of nitrogens with one attached hydrogen (secondary N) is 3. The third-order valence-electron chi connectivity index (χ3n) is 3.71. The normalized spacial score (nSPS) is 14.2.